The summed E-state index contributed by atoms with van der Waals surface area (Å²) >= 11 is 3.49. The van der Waals surface area contributed by atoms with Gasteiger partial charge in [-0.15, -0.1) is 0 Å². The van der Waals surface area contributed by atoms with Crippen LogP contribution in [0.4, 0.5) is 0 Å². The lowest BCUT2D eigenvalue weighted by Gasteiger charge is -2.01. The number of rotatable bonds is 0. The van der Waals surface area contributed by atoms with Gasteiger partial charge in [-0.05, 0) is 30.7 Å². The fraction of sp³-hybridized carbons (Fsp3) is 0.182. The Morgan fingerprint density at radius 3 is 2.79 bits per heavy atom. The number of aromatic nitrogens is 1. The first-order valence-electron chi connectivity index (χ1n) is 4.38. The molecular weight excluding hydrogens is 242 g/mol. The maximum absolute atomic E-state index is 11.3. The van der Waals surface area contributed by atoms with Gasteiger partial charge in [0.1, 0.15) is 0 Å². The number of fused-ring (bicyclic) bond motifs is 1. The number of hydrogen-bond donors (Lipinski definition) is 0. The largest absolute Gasteiger partial charge is 0.287 e. The zero-order valence-electron chi connectivity index (χ0n) is 8.04. The summed E-state index contributed by atoms with van der Waals surface area (Å²) in [6.45, 7) is 3.58. The number of benzene rings is 1. The van der Waals surface area contributed by atoms with Crippen molar-refractivity contribution < 1.29 is 4.79 Å². The minimum atomic E-state index is 0.0394. The van der Waals surface area contributed by atoms with Crippen LogP contribution in [-0.2, 0) is 0 Å². The van der Waals surface area contributed by atoms with Crippen molar-refractivity contribution in [3.8, 4) is 0 Å². The van der Waals surface area contributed by atoms with Crippen LogP contribution in [0.25, 0.3) is 10.9 Å². The Balaban J connectivity index is 2.85. The van der Waals surface area contributed by atoms with Gasteiger partial charge >= 0.3 is 0 Å². The molecule has 72 valence electrons. The molecule has 0 saturated carbocycles. The molecule has 1 aromatic heterocycles. The maximum atomic E-state index is 11.3. The van der Waals surface area contributed by atoms with E-state index >= 15 is 0 Å². The van der Waals surface area contributed by atoms with Gasteiger partial charge in [-0.25, -0.2) is 0 Å². The van der Waals surface area contributed by atoms with E-state index in [2.05, 4.69) is 15.9 Å². The molecule has 2 aromatic rings. The van der Waals surface area contributed by atoms with Crippen LogP contribution in [0.5, 0.6) is 0 Å². The van der Waals surface area contributed by atoms with Gasteiger partial charge in [0.25, 0.3) is 0 Å². The van der Waals surface area contributed by atoms with E-state index < -0.39 is 0 Å². The van der Waals surface area contributed by atoms with Crippen LogP contribution in [0, 0.1) is 6.92 Å². The van der Waals surface area contributed by atoms with Crippen LogP contribution < -0.4 is 0 Å². The second-order valence-electron chi connectivity index (χ2n) is 3.38. The van der Waals surface area contributed by atoms with E-state index in [-0.39, 0.29) is 5.91 Å². The van der Waals surface area contributed by atoms with Crippen LogP contribution in [0.15, 0.2) is 28.9 Å². The number of halogens is 1. The average Bonchev–Trinajstić information content (AvgIpc) is 2.47. The first kappa shape index (κ1) is 9.46. The van der Waals surface area contributed by atoms with Gasteiger partial charge in [0, 0.05) is 23.0 Å². The van der Waals surface area contributed by atoms with Gasteiger partial charge < -0.3 is 0 Å². The molecule has 2 rings (SSSR count). The molecule has 3 heteroatoms. The highest BCUT2D eigenvalue weighted by atomic mass is 79.9. The van der Waals surface area contributed by atoms with Crippen LogP contribution in [0.1, 0.15) is 17.3 Å². The molecule has 0 N–H and O–H groups in total. The average molecular weight is 252 g/mol. The van der Waals surface area contributed by atoms with Gasteiger partial charge in [0.05, 0.1) is 5.52 Å². The normalized spacial score (nSPS) is 10.8. The summed E-state index contributed by atoms with van der Waals surface area (Å²) in [6, 6.07) is 6.01. The fourth-order valence-corrected chi connectivity index (χ4v) is 2.30. The van der Waals surface area contributed by atoms with E-state index in [9.17, 15) is 4.79 Å². The standard InChI is InChI=1S/C11H10BrNO/c1-7-5-10(12)9-3-4-13(8(2)14)11(9)6-7/h3-6H,1-2H3. The quantitative estimate of drug-likeness (QED) is 0.704. The van der Waals surface area contributed by atoms with Crippen molar-refractivity contribution in [3.63, 3.8) is 0 Å². The summed E-state index contributed by atoms with van der Waals surface area (Å²) in [4.78, 5) is 11.3. The van der Waals surface area contributed by atoms with Crippen LogP contribution >= 0.6 is 15.9 Å². The highest BCUT2D eigenvalue weighted by Gasteiger charge is 2.07. The highest BCUT2D eigenvalue weighted by Crippen LogP contribution is 2.26. The minimum absolute atomic E-state index is 0.0394. The third-order valence-corrected chi connectivity index (χ3v) is 2.90. The number of nitrogens with zero attached hydrogens (tertiary/aromatic N) is 1. The van der Waals surface area contributed by atoms with Crippen LogP contribution in [0.3, 0.4) is 0 Å². The van der Waals surface area contributed by atoms with Gasteiger partial charge in [0.15, 0.2) is 0 Å². The number of aryl methyl sites for hydroxylation is 1. The Hall–Kier alpha value is -1.09. The molecule has 0 unspecified atom stereocenters. The van der Waals surface area contributed by atoms with E-state index in [1.807, 2.05) is 25.1 Å². The molecule has 1 aromatic carbocycles. The van der Waals surface area contributed by atoms with Gasteiger partial charge in [0.2, 0.25) is 5.91 Å². The maximum Gasteiger partial charge on any atom is 0.227 e. The third-order valence-electron chi connectivity index (χ3n) is 2.24. The molecule has 0 aliphatic rings. The van der Waals surface area contributed by atoms with Crippen molar-refractivity contribution in [2.75, 3.05) is 0 Å². The van der Waals surface area contributed by atoms with Crippen molar-refractivity contribution in [3.05, 3.63) is 34.4 Å². The number of carbonyl (C=O) groups excluding carboxylic acids is 1. The van der Waals surface area contributed by atoms with Crippen molar-refractivity contribution in [2.45, 2.75) is 13.8 Å². The lowest BCUT2D eigenvalue weighted by molar-refractivity contribution is 0.0941. The second-order valence-corrected chi connectivity index (χ2v) is 4.24. The molecule has 0 amide bonds. The summed E-state index contributed by atoms with van der Waals surface area (Å²) in [5, 5.41) is 1.07. The summed E-state index contributed by atoms with van der Waals surface area (Å²) in [6.07, 6.45) is 1.80. The van der Waals surface area contributed by atoms with Crippen molar-refractivity contribution in [1.82, 2.24) is 4.57 Å². The Labute approximate surface area is 90.7 Å². The first-order chi connectivity index (χ1) is 6.59. The summed E-state index contributed by atoms with van der Waals surface area (Å²) in [5.41, 5.74) is 2.11. The summed E-state index contributed by atoms with van der Waals surface area (Å²) < 4.78 is 2.69. The van der Waals surface area contributed by atoms with Crippen molar-refractivity contribution in [2.24, 2.45) is 0 Å². The lowest BCUT2D eigenvalue weighted by Crippen LogP contribution is -2.02. The zero-order valence-corrected chi connectivity index (χ0v) is 9.63. The Bertz CT molecular complexity index is 513. The van der Waals surface area contributed by atoms with E-state index in [1.54, 1.807) is 17.7 Å². The Morgan fingerprint density at radius 2 is 2.14 bits per heavy atom. The predicted molar refractivity (Wildman–Crippen MR) is 60.7 cm³/mol. The van der Waals surface area contributed by atoms with E-state index in [4.69, 9.17) is 0 Å². The van der Waals surface area contributed by atoms with Gasteiger partial charge in [-0.2, -0.15) is 0 Å². The van der Waals surface area contributed by atoms with E-state index in [0.29, 0.717) is 0 Å². The van der Waals surface area contributed by atoms with Crippen LogP contribution in [0.2, 0.25) is 0 Å². The van der Waals surface area contributed by atoms with Crippen LogP contribution in [-0.4, -0.2) is 10.5 Å². The van der Waals surface area contributed by atoms with Gasteiger partial charge in [-0.1, -0.05) is 15.9 Å². The van der Waals surface area contributed by atoms with Crippen molar-refractivity contribution >= 4 is 32.7 Å². The molecule has 1 heterocycles. The fourth-order valence-electron chi connectivity index (χ4n) is 1.60. The topological polar surface area (TPSA) is 22.0 Å². The highest BCUT2D eigenvalue weighted by molar-refractivity contribution is 9.10. The number of carbonyl (C=O) groups is 1. The predicted octanol–water partition coefficient (Wildman–Crippen LogP) is 3.37. The lowest BCUT2D eigenvalue weighted by atomic mass is 10.2. The molecule has 0 spiro atoms. The molecule has 0 saturated heterocycles. The second kappa shape index (κ2) is 3.24. The molecule has 0 aliphatic carbocycles. The molecular formula is C11H10BrNO. The molecule has 2 nitrogen and oxygen atoms in total. The molecule has 0 radical (unpaired) electrons. The minimum Gasteiger partial charge on any atom is -0.287 e. The monoisotopic (exact) mass is 251 g/mol. The molecule has 0 fully saturated rings. The first-order valence-corrected chi connectivity index (χ1v) is 5.17. The SMILES string of the molecule is CC(=O)n1ccc2c(Br)cc(C)cc21. The summed E-state index contributed by atoms with van der Waals surface area (Å²) in [5.74, 6) is 0.0394. The Kier molecular flexibility index (Phi) is 2.19. The zero-order chi connectivity index (χ0) is 10.3. The van der Waals surface area contributed by atoms with E-state index in [1.165, 1.54) is 0 Å². The molecule has 0 bridgehead atoms. The smallest absolute Gasteiger partial charge is 0.227 e. The molecule has 0 atom stereocenters. The molecule has 0 aliphatic heterocycles. The number of hydrogen-bond acceptors (Lipinski definition) is 1. The van der Waals surface area contributed by atoms with Crippen molar-refractivity contribution in [1.29, 1.82) is 0 Å². The van der Waals surface area contributed by atoms with Gasteiger partial charge in [-0.3, -0.25) is 9.36 Å². The molecule has 14 heavy (non-hydrogen) atoms. The summed E-state index contributed by atoms with van der Waals surface area (Å²) in [7, 11) is 0. The third kappa shape index (κ3) is 1.38. The Morgan fingerprint density at radius 1 is 1.43 bits per heavy atom. The van der Waals surface area contributed by atoms with E-state index in [0.717, 1.165) is 20.9 Å².